The third kappa shape index (κ3) is 1.24. The maximum Gasteiger partial charge on any atom is 0.248 e. The van der Waals surface area contributed by atoms with Crippen molar-refractivity contribution in [3.05, 3.63) is 30.1 Å². The number of carbonyl (C=O) groups is 1. The van der Waals surface area contributed by atoms with Crippen LogP contribution in [0.1, 0.15) is 10.4 Å². The Morgan fingerprint density at radius 1 is 1.29 bits per heavy atom. The third-order valence-electron chi connectivity index (χ3n) is 1.95. The van der Waals surface area contributed by atoms with Crippen LogP contribution in [0.25, 0.3) is 10.9 Å². The molecule has 0 bridgehead atoms. The first-order valence-electron chi connectivity index (χ1n) is 3.98. The van der Waals surface area contributed by atoms with Crippen LogP contribution in [0.2, 0.25) is 0 Å². The highest BCUT2D eigenvalue weighted by Crippen LogP contribution is 2.17. The van der Waals surface area contributed by atoms with Crippen LogP contribution in [0.3, 0.4) is 0 Å². The fourth-order valence-corrected chi connectivity index (χ4v) is 1.23. The molecule has 1 heterocycles. The lowest BCUT2D eigenvalue weighted by Crippen LogP contribution is -2.10. The zero-order valence-corrected chi connectivity index (χ0v) is 7.27. The minimum absolute atomic E-state index is 0.394. The summed E-state index contributed by atoms with van der Waals surface area (Å²) in [6.45, 7) is 0. The molecule has 0 aliphatic heterocycles. The zero-order chi connectivity index (χ0) is 10.1. The van der Waals surface area contributed by atoms with Gasteiger partial charge < -0.3 is 11.5 Å². The average Bonchev–Trinajstić information content (AvgIpc) is 2.17. The Hall–Kier alpha value is -2.17. The molecule has 0 aliphatic rings. The molecule has 2 rings (SSSR count). The van der Waals surface area contributed by atoms with Gasteiger partial charge in [-0.2, -0.15) is 0 Å². The number of carbonyl (C=O) groups excluding carboxylic acids is 1. The Morgan fingerprint density at radius 3 is 2.79 bits per heavy atom. The van der Waals surface area contributed by atoms with Crippen LogP contribution >= 0.6 is 0 Å². The molecular weight excluding hydrogens is 180 g/mol. The number of nitrogen functional groups attached to an aromatic ring is 1. The van der Waals surface area contributed by atoms with Gasteiger partial charge in [-0.3, -0.25) is 4.79 Å². The molecule has 0 radical (unpaired) electrons. The van der Waals surface area contributed by atoms with Crippen LogP contribution in [-0.4, -0.2) is 15.9 Å². The summed E-state index contributed by atoms with van der Waals surface area (Å²) in [6.07, 6.45) is 1.35. The number of primary amides is 1. The van der Waals surface area contributed by atoms with Gasteiger partial charge in [0.1, 0.15) is 12.1 Å². The molecule has 70 valence electrons. The van der Waals surface area contributed by atoms with Crippen LogP contribution in [-0.2, 0) is 0 Å². The van der Waals surface area contributed by atoms with Crippen LogP contribution in [0.4, 0.5) is 5.82 Å². The van der Waals surface area contributed by atoms with Crippen molar-refractivity contribution in [2.75, 3.05) is 5.73 Å². The molecule has 5 nitrogen and oxygen atoms in total. The number of nitrogens with two attached hydrogens (primary N) is 2. The van der Waals surface area contributed by atoms with Crippen molar-refractivity contribution in [3.63, 3.8) is 0 Å². The molecule has 1 aromatic carbocycles. The molecule has 14 heavy (non-hydrogen) atoms. The molecule has 1 amide bonds. The summed E-state index contributed by atoms with van der Waals surface area (Å²) >= 11 is 0. The second-order valence-corrected chi connectivity index (χ2v) is 2.86. The summed E-state index contributed by atoms with van der Waals surface area (Å²) in [5.74, 6) is -0.0879. The van der Waals surface area contributed by atoms with Gasteiger partial charge in [0.05, 0.1) is 5.52 Å². The Kier molecular flexibility index (Phi) is 1.78. The Bertz CT molecular complexity index is 509. The first-order chi connectivity index (χ1) is 6.68. The lowest BCUT2D eigenvalue weighted by atomic mass is 10.1. The number of fused-ring (bicyclic) bond motifs is 1. The van der Waals surface area contributed by atoms with E-state index in [1.54, 1.807) is 18.2 Å². The van der Waals surface area contributed by atoms with Gasteiger partial charge in [-0.25, -0.2) is 9.97 Å². The standard InChI is InChI=1S/C9H8N4O/c10-8-6-2-1-5(9(11)14)3-7(6)12-4-13-8/h1-4H,(H2,11,14)(H2,10,12,13). The Labute approximate surface area is 79.8 Å². The van der Waals surface area contributed by atoms with Crippen LogP contribution in [0.15, 0.2) is 24.5 Å². The number of hydrogen-bond donors (Lipinski definition) is 2. The molecule has 0 fully saturated rings. The summed E-state index contributed by atoms with van der Waals surface area (Å²) in [7, 11) is 0. The quantitative estimate of drug-likeness (QED) is 0.673. The molecule has 4 N–H and O–H groups in total. The normalized spacial score (nSPS) is 10.3. The lowest BCUT2D eigenvalue weighted by Gasteiger charge is -2.00. The van der Waals surface area contributed by atoms with E-state index < -0.39 is 5.91 Å². The summed E-state index contributed by atoms with van der Waals surface area (Å²) in [4.78, 5) is 18.7. The van der Waals surface area contributed by atoms with Gasteiger partial charge in [0.15, 0.2) is 0 Å². The predicted octanol–water partition coefficient (Wildman–Crippen LogP) is 0.311. The van der Waals surface area contributed by atoms with Crippen LogP contribution in [0, 0.1) is 0 Å². The fraction of sp³-hybridized carbons (Fsp3) is 0. The van der Waals surface area contributed by atoms with E-state index in [1.807, 2.05) is 0 Å². The van der Waals surface area contributed by atoms with E-state index in [4.69, 9.17) is 11.5 Å². The number of rotatable bonds is 1. The first kappa shape index (κ1) is 8.43. The van der Waals surface area contributed by atoms with E-state index in [0.717, 1.165) is 5.39 Å². The smallest absolute Gasteiger partial charge is 0.248 e. The average molecular weight is 188 g/mol. The molecule has 0 saturated heterocycles. The minimum Gasteiger partial charge on any atom is -0.383 e. The van der Waals surface area contributed by atoms with Crippen molar-refractivity contribution in [3.8, 4) is 0 Å². The highest BCUT2D eigenvalue weighted by molar-refractivity contribution is 5.98. The van der Waals surface area contributed by atoms with Crippen molar-refractivity contribution in [2.24, 2.45) is 5.73 Å². The van der Waals surface area contributed by atoms with Gasteiger partial charge in [-0.05, 0) is 18.2 Å². The third-order valence-corrected chi connectivity index (χ3v) is 1.95. The van der Waals surface area contributed by atoms with E-state index in [-0.39, 0.29) is 0 Å². The largest absolute Gasteiger partial charge is 0.383 e. The zero-order valence-electron chi connectivity index (χ0n) is 7.27. The van der Waals surface area contributed by atoms with Crippen LogP contribution in [0.5, 0.6) is 0 Å². The van der Waals surface area contributed by atoms with E-state index in [2.05, 4.69) is 9.97 Å². The maximum atomic E-state index is 10.9. The summed E-state index contributed by atoms with van der Waals surface area (Å²) in [5.41, 5.74) is 11.8. The molecule has 5 heteroatoms. The Balaban J connectivity index is 2.73. The fourth-order valence-electron chi connectivity index (χ4n) is 1.23. The van der Waals surface area contributed by atoms with Crippen LogP contribution < -0.4 is 11.5 Å². The Morgan fingerprint density at radius 2 is 2.07 bits per heavy atom. The highest BCUT2D eigenvalue weighted by atomic mass is 16.1. The second kappa shape index (κ2) is 2.95. The van der Waals surface area contributed by atoms with Gasteiger partial charge in [0.2, 0.25) is 5.91 Å². The molecule has 0 spiro atoms. The van der Waals surface area contributed by atoms with Crippen molar-refractivity contribution in [1.29, 1.82) is 0 Å². The number of anilines is 1. The van der Waals surface area contributed by atoms with E-state index in [9.17, 15) is 4.79 Å². The van der Waals surface area contributed by atoms with Crippen molar-refractivity contribution in [2.45, 2.75) is 0 Å². The van der Waals surface area contributed by atoms with Crippen molar-refractivity contribution >= 4 is 22.6 Å². The monoisotopic (exact) mass is 188 g/mol. The number of benzene rings is 1. The summed E-state index contributed by atoms with van der Waals surface area (Å²) < 4.78 is 0. The van der Waals surface area contributed by atoms with Gasteiger partial charge >= 0.3 is 0 Å². The van der Waals surface area contributed by atoms with Crippen molar-refractivity contribution < 1.29 is 4.79 Å². The topological polar surface area (TPSA) is 94.9 Å². The second-order valence-electron chi connectivity index (χ2n) is 2.86. The number of aromatic nitrogens is 2. The molecule has 0 unspecified atom stereocenters. The van der Waals surface area contributed by atoms with E-state index >= 15 is 0 Å². The number of hydrogen-bond acceptors (Lipinski definition) is 4. The molecule has 1 aromatic heterocycles. The van der Waals surface area contributed by atoms with Gasteiger partial charge in [-0.15, -0.1) is 0 Å². The lowest BCUT2D eigenvalue weighted by molar-refractivity contribution is 0.100. The SMILES string of the molecule is NC(=O)c1ccc2c(N)ncnc2c1. The molecule has 0 atom stereocenters. The maximum absolute atomic E-state index is 10.9. The highest BCUT2D eigenvalue weighted by Gasteiger charge is 2.04. The molecule has 2 aromatic rings. The summed E-state index contributed by atoms with van der Waals surface area (Å²) in [6, 6.07) is 4.88. The van der Waals surface area contributed by atoms with Gasteiger partial charge in [0.25, 0.3) is 0 Å². The first-order valence-corrected chi connectivity index (χ1v) is 3.98. The molecule has 0 saturated carbocycles. The van der Waals surface area contributed by atoms with E-state index in [0.29, 0.717) is 16.9 Å². The predicted molar refractivity (Wildman–Crippen MR) is 52.5 cm³/mol. The van der Waals surface area contributed by atoms with Crippen molar-refractivity contribution in [1.82, 2.24) is 9.97 Å². The van der Waals surface area contributed by atoms with Gasteiger partial charge in [0, 0.05) is 10.9 Å². The van der Waals surface area contributed by atoms with E-state index in [1.165, 1.54) is 6.33 Å². The molecule has 0 aliphatic carbocycles. The minimum atomic E-state index is -0.482. The molecular formula is C9H8N4O. The number of nitrogens with zero attached hydrogens (tertiary/aromatic N) is 2. The summed E-state index contributed by atoms with van der Waals surface area (Å²) in [5, 5.41) is 0.720. The number of amides is 1. The van der Waals surface area contributed by atoms with Gasteiger partial charge in [-0.1, -0.05) is 0 Å².